The first-order valence-electron chi connectivity index (χ1n) is 6.29. The summed E-state index contributed by atoms with van der Waals surface area (Å²) in [6, 6.07) is 9.38. The molecule has 0 atom stereocenters. The van der Waals surface area contributed by atoms with Crippen molar-refractivity contribution in [2.75, 3.05) is 6.54 Å². The number of ether oxygens (including phenoxy) is 1. The molecule has 1 heterocycles. The average molecular weight is 277 g/mol. The van der Waals surface area contributed by atoms with Gasteiger partial charge >= 0.3 is 0 Å². The number of nitrogens with zero attached hydrogens (tertiary/aromatic N) is 1. The van der Waals surface area contributed by atoms with Crippen LogP contribution in [0.2, 0.25) is 5.02 Å². The Bertz CT molecular complexity index is 558. The zero-order valence-corrected chi connectivity index (χ0v) is 11.9. The molecule has 0 unspecified atom stereocenters. The average Bonchev–Trinajstić information content (AvgIpc) is 2.40. The van der Waals surface area contributed by atoms with Gasteiger partial charge < -0.3 is 10.1 Å². The Hall–Kier alpha value is -1.58. The standard InChI is InChI=1S/C15H17ClN2O/c1-3-17-9-12-10-18-11(2)8-15(12)19-14-7-5-4-6-13(14)16/h4-8,10,17H,3,9H2,1-2H3. The van der Waals surface area contributed by atoms with E-state index in [1.54, 1.807) is 0 Å². The normalized spacial score (nSPS) is 10.5. The SMILES string of the molecule is CCNCc1cnc(C)cc1Oc1ccccc1Cl. The van der Waals surface area contributed by atoms with Gasteiger partial charge in [0.15, 0.2) is 0 Å². The van der Waals surface area contributed by atoms with E-state index in [9.17, 15) is 0 Å². The molecule has 100 valence electrons. The number of rotatable bonds is 5. The number of aromatic nitrogens is 1. The minimum Gasteiger partial charge on any atom is -0.455 e. The van der Waals surface area contributed by atoms with Gasteiger partial charge in [-0.3, -0.25) is 4.98 Å². The molecule has 0 aliphatic heterocycles. The van der Waals surface area contributed by atoms with Gasteiger partial charge in [-0.2, -0.15) is 0 Å². The van der Waals surface area contributed by atoms with Crippen LogP contribution in [0.3, 0.4) is 0 Å². The number of aryl methyl sites for hydroxylation is 1. The summed E-state index contributed by atoms with van der Waals surface area (Å²) in [7, 11) is 0. The zero-order chi connectivity index (χ0) is 13.7. The highest BCUT2D eigenvalue weighted by Crippen LogP contribution is 2.31. The third-order valence-electron chi connectivity index (χ3n) is 2.70. The first-order valence-corrected chi connectivity index (χ1v) is 6.67. The molecule has 3 nitrogen and oxygen atoms in total. The zero-order valence-electron chi connectivity index (χ0n) is 11.1. The van der Waals surface area contributed by atoms with Gasteiger partial charge in [0.2, 0.25) is 0 Å². The molecule has 2 rings (SSSR count). The van der Waals surface area contributed by atoms with E-state index in [2.05, 4.69) is 17.2 Å². The molecule has 0 aliphatic rings. The van der Waals surface area contributed by atoms with E-state index in [-0.39, 0.29) is 0 Å². The number of hydrogen-bond donors (Lipinski definition) is 1. The van der Waals surface area contributed by atoms with Crippen molar-refractivity contribution in [3.63, 3.8) is 0 Å². The van der Waals surface area contributed by atoms with Crippen molar-refractivity contribution in [3.8, 4) is 11.5 Å². The van der Waals surface area contributed by atoms with Crippen molar-refractivity contribution in [3.05, 3.63) is 52.8 Å². The monoisotopic (exact) mass is 276 g/mol. The lowest BCUT2D eigenvalue weighted by molar-refractivity contribution is 0.472. The molecule has 0 spiro atoms. The number of hydrogen-bond acceptors (Lipinski definition) is 3. The molecule has 1 N–H and O–H groups in total. The van der Waals surface area contributed by atoms with Gasteiger partial charge in [-0.25, -0.2) is 0 Å². The van der Waals surface area contributed by atoms with Crippen molar-refractivity contribution in [1.82, 2.24) is 10.3 Å². The molecular weight excluding hydrogens is 260 g/mol. The molecule has 0 bridgehead atoms. The lowest BCUT2D eigenvalue weighted by Crippen LogP contribution is -2.12. The second kappa shape index (κ2) is 6.55. The second-order valence-corrected chi connectivity index (χ2v) is 4.65. The van der Waals surface area contributed by atoms with Crippen molar-refractivity contribution < 1.29 is 4.74 Å². The van der Waals surface area contributed by atoms with E-state index in [0.717, 1.165) is 30.1 Å². The van der Waals surface area contributed by atoms with Crippen LogP contribution in [0.1, 0.15) is 18.2 Å². The number of pyridine rings is 1. The Morgan fingerprint density at radius 3 is 2.79 bits per heavy atom. The summed E-state index contributed by atoms with van der Waals surface area (Å²) < 4.78 is 5.91. The molecule has 0 fully saturated rings. The van der Waals surface area contributed by atoms with Crippen LogP contribution in [-0.2, 0) is 6.54 Å². The van der Waals surface area contributed by atoms with Crippen LogP contribution in [0.25, 0.3) is 0 Å². The van der Waals surface area contributed by atoms with Crippen LogP contribution in [0.15, 0.2) is 36.5 Å². The van der Waals surface area contributed by atoms with Gasteiger partial charge in [-0.1, -0.05) is 30.7 Å². The van der Waals surface area contributed by atoms with E-state index < -0.39 is 0 Å². The predicted molar refractivity (Wildman–Crippen MR) is 77.9 cm³/mol. The predicted octanol–water partition coefficient (Wildman–Crippen LogP) is 3.95. The minimum atomic E-state index is 0.603. The highest BCUT2D eigenvalue weighted by Gasteiger charge is 2.08. The molecule has 2 aromatic rings. The maximum atomic E-state index is 6.11. The summed E-state index contributed by atoms with van der Waals surface area (Å²) in [5.74, 6) is 1.45. The molecule has 1 aromatic heterocycles. The molecular formula is C15H17ClN2O. The van der Waals surface area contributed by atoms with Gasteiger partial charge in [0.1, 0.15) is 11.5 Å². The second-order valence-electron chi connectivity index (χ2n) is 4.25. The summed E-state index contributed by atoms with van der Waals surface area (Å²) in [5, 5.41) is 3.87. The van der Waals surface area contributed by atoms with Gasteiger partial charge in [-0.15, -0.1) is 0 Å². The first kappa shape index (κ1) is 13.8. The summed E-state index contributed by atoms with van der Waals surface area (Å²) in [4.78, 5) is 4.30. The fourth-order valence-electron chi connectivity index (χ4n) is 1.70. The fourth-order valence-corrected chi connectivity index (χ4v) is 1.87. The van der Waals surface area contributed by atoms with Crippen molar-refractivity contribution in [1.29, 1.82) is 0 Å². The molecule has 0 aliphatic carbocycles. The van der Waals surface area contributed by atoms with Crippen LogP contribution < -0.4 is 10.1 Å². The minimum absolute atomic E-state index is 0.603. The first-order chi connectivity index (χ1) is 9.20. The van der Waals surface area contributed by atoms with Crippen LogP contribution in [0, 0.1) is 6.92 Å². The van der Waals surface area contributed by atoms with Gasteiger partial charge in [0.25, 0.3) is 0 Å². The Balaban J connectivity index is 2.27. The molecule has 19 heavy (non-hydrogen) atoms. The molecule has 1 aromatic carbocycles. The summed E-state index contributed by atoms with van der Waals surface area (Å²) in [6.07, 6.45) is 1.84. The number of nitrogens with one attached hydrogen (secondary N) is 1. The maximum absolute atomic E-state index is 6.11. The third-order valence-corrected chi connectivity index (χ3v) is 3.01. The van der Waals surface area contributed by atoms with Crippen molar-refractivity contribution in [2.45, 2.75) is 20.4 Å². The van der Waals surface area contributed by atoms with Crippen molar-refractivity contribution in [2.24, 2.45) is 0 Å². The number of benzene rings is 1. The maximum Gasteiger partial charge on any atom is 0.146 e. The van der Waals surface area contributed by atoms with Crippen LogP contribution in [0.5, 0.6) is 11.5 Å². The molecule has 0 saturated heterocycles. The van der Waals surface area contributed by atoms with Gasteiger partial charge in [-0.05, 0) is 25.6 Å². The highest BCUT2D eigenvalue weighted by atomic mass is 35.5. The fraction of sp³-hybridized carbons (Fsp3) is 0.267. The topological polar surface area (TPSA) is 34.2 Å². The Morgan fingerprint density at radius 1 is 1.26 bits per heavy atom. The van der Waals surface area contributed by atoms with Crippen LogP contribution >= 0.6 is 11.6 Å². The Labute approximate surface area is 118 Å². The third kappa shape index (κ3) is 3.69. The lowest BCUT2D eigenvalue weighted by Gasteiger charge is -2.12. The van der Waals surface area contributed by atoms with Gasteiger partial charge in [0, 0.05) is 30.1 Å². The van der Waals surface area contributed by atoms with E-state index >= 15 is 0 Å². The quantitative estimate of drug-likeness (QED) is 0.898. The van der Waals surface area contributed by atoms with Crippen LogP contribution in [0.4, 0.5) is 0 Å². The Morgan fingerprint density at radius 2 is 2.05 bits per heavy atom. The van der Waals surface area contributed by atoms with E-state index in [4.69, 9.17) is 16.3 Å². The summed E-state index contributed by atoms with van der Waals surface area (Å²) in [5.41, 5.74) is 1.94. The lowest BCUT2D eigenvalue weighted by atomic mass is 10.2. The van der Waals surface area contributed by atoms with Crippen LogP contribution in [-0.4, -0.2) is 11.5 Å². The Kier molecular flexibility index (Phi) is 4.77. The van der Waals surface area contributed by atoms with Crippen molar-refractivity contribution >= 4 is 11.6 Å². The summed E-state index contributed by atoms with van der Waals surface area (Å²) >= 11 is 6.11. The van der Waals surface area contributed by atoms with Gasteiger partial charge in [0.05, 0.1) is 5.02 Å². The molecule has 0 radical (unpaired) electrons. The number of halogens is 1. The molecule has 4 heteroatoms. The number of para-hydroxylation sites is 1. The van der Waals surface area contributed by atoms with E-state index in [1.165, 1.54) is 0 Å². The molecule has 0 amide bonds. The smallest absolute Gasteiger partial charge is 0.146 e. The van der Waals surface area contributed by atoms with E-state index in [0.29, 0.717) is 10.8 Å². The molecule has 0 saturated carbocycles. The largest absolute Gasteiger partial charge is 0.455 e. The highest BCUT2D eigenvalue weighted by molar-refractivity contribution is 6.32. The summed E-state index contributed by atoms with van der Waals surface area (Å²) in [6.45, 7) is 5.63. The van der Waals surface area contributed by atoms with E-state index in [1.807, 2.05) is 43.5 Å².